The molecule has 20 heavy (non-hydrogen) atoms. The van der Waals surface area contributed by atoms with Gasteiger partial charge in [-0.2, -0.15) is 0 Å². The summed E-state index contributed by atoms with van der Waals surface area (Å²) >= 11 is 0. The van der Waals surface area contributed by atoms with Crippen LogP contribution in [0.2, 0.25) is 0 Å². The van der Waals surface area contributed by atoms with Crippen LogP contribution in [-0.2, 0) is 11.0 Å². The summed E-state index contributed by atoms with van der Waals surface area (Å²) in [7, 11) is -0.613. The molecule has 0 unspecified atom stereocenters. The number of aryl methyl sites for hydroxylation is 1. The number of nitrogens with one attached hydrogen (secondary N) is 1. The number of aromatic amines is 1. The predicted octanol–water partition coefficient (Wildman–Crippen LogP) is 2.05. The lowest BCUT2D eigenvalue weighted by Crippen LogP contribution is -2.14. The Morgan fingerprint density at radius 1 is 1.35 bits per heavy atom. The van der Waals surface area contributed by atoms with Gasteiger partial charge >= 0.3 is 7.82 Å². The minimum absolute atomic E-state index is 0.225. The third-order valence-electron chi connectivity index (χ3n) is 3.02. The summed E-state index contributed by atoms with van der Waals surface area (Å²) in [5.41, 5.74) is 2.68. The molecule has 6 nitrogen and oxygen atoms in total. The Kier molecular flexibility index (Phi) is 4.20. The molecule has 0 atom stereocenters. The molecule has 0 fully saturated rings. The van der Waals surface area contributed by atoms with Crippen LogP contribution in [0.5, 0.6) is 5.75 Å². The molecular formula is C13H19N2O4P. The highest BCUT2D eigenvalue weighted by Gasteiger charge is 2.20. The maximum Gasteiger partial charge on any atom is 0.524 e. The van der Waals surface area contributed by atoms with Gasteiger partial charge in [-0.1, -0.05) is 0 Å². The summed E-state index contributed by atoms with van der Waals surface area (Å²) in [6.07, 6.45) is 2.63. The highest BCUT2D eigenvalue weighted by Crippen LogP contribution is 2.42. The fraction of sp³-hybridized carbons (Fsp3) is 0.385. The van der Waals surface area contributed by atoms with E-state index in [9.17, 15) is 4.57 Å². The van der Waals surface area contributed by atoms with Gasteiger partial charge in [-0.25, -0.2) is 4.57 Å². The van der Waals surface area contributed by atoms with Crippen LogP contribution in [0.3, 0.4) is 0 Å². The van der Waals surface area contributed by atoms with Crippen molar-refractivity contribution in [1.82, 2.24) is 9.88 Å². The molecule has 110 valence electrons. The van der Waals surface area contributed by atoms with E-state index in [1.165, 1.54) is 0 Å². The van der Waals surface area contributed by atoms with E-state index in [0.717, 1.165) is 35.0 Å². The smallest absolute Gasteiger partial charge is 0.404 e. The number of hydrogen-bond donors (Lipinski definition) is 3. The molecule has 0 aliphatic rings. The van der Waals surface area contributed by atoms with Crippen molar-refractivity contribution in [2.75, 3.05) is 20.6 Å². The second-order valence-electron chi connectivity index (χ2n) is 5.13. The minimum atomic E-state index is -4.57. The first-order valence-corrected chi connectivity index (χ1v) is 7.80. The van der Waals surface area contributed by atoms with E-state index >= 15 is 0 Å². The quantitative estimate of drug-likeness (QED) is 0.736. The normalized spacial score (nSPS) is 12.3. The second kappa shape index (κ2) is 5.58. The number of nitrogens with zero attached hydrogens (tertiary/aromatic N) is 1. The van der Waals surface area contributed by atoms with Crippen LogP contribution >= 0.6 is 7.82 Å². The summed E-state index contributed by atoms with van der Waals surface area (Å²) < 4.78 is 15.9. The van der Waals surface area contributed by atoms with Gasteiger partial charge < -0.3 is 14.4 Å². The maximum absolute atomic E-state index is 11.1. The first-order valence-electron chi connectivity index (χ1n) is 6.27. The zero-order chi connectivity index (χ0) is 14.9. The molecule has 3 N–H and O–H groups in total. The summed E-state index contributed by atoms with van der Waals surface area (Å²) in [5, 5.41) is 0.737. The van der Waals surface area contributed by atoms with Gasteiger partial charge in [0, 0.05) is 23.6 Å². The second-order valence-corrected chi connectivity index (χ2v) is 6.30. The van der Waals surface area contributed by atoms with Gasteiger partial charge in [-0.15, -0.1) is 0 Å². The average molecular weight is 298 g/mol. The molecule has 0 saturated carbocycles. The number of aromatic nitrogens is 1. The van der Waals surface area contributed by atoms with E-state index < -0.39 is 7.82 Å². The molecule has 1 heterocycles. The number of phosphoric ester groups is 1. The summed E-state index contributed by atoms with van der Waals surface area (Å²) in [6.45, 7) is 2.70. The Balaban J connectivity index is 2.48. The average Bonchev–Trinajstić information content (AvgIpc) is 2.67. The highest BCUT2D eigenvalue weighted by atomic mass is 31.2. The third-order valence-corrected chi connectivity index (χ3v) is 3.45. The number of phosphoric acid groups is 1. The van der Waals surface area contributed by atoms with Crippen molar-refractivity contribution in [1.29, 1.82) is 0 Å². The molecular weight excluding hydrogens is 279 g/mol. The van der Waals surface area contributed by atoms with Gasteiger partial charge in [0.25, 0.3) is 0 Å². The molecule has 1 aromatic carbocycles. The van der Waals surface area contributed by atoms with Crippen LogP contribution in [0.4, 0.5) is 0 Å². The number of fused-ring (bicyclic) bond motifs is 1. The number of hydrogen-bond acceptors (Lipinski definition) is 3. The zero-order valence-electron chi connectivity index (χ0n) is 11.8. The SMILES string of the molecule is Cc1cc(OP(=O)(O)O)c2c(CCN(C)C)c[nH]c2c1. The van der Waals surface area contributed by atoms with Crippen molar-refractivity contribution < 1.29 is 18.9 Å². The van der Waals surface area contributed by atoms with Crippen molar-refractivity contribution in [2.24, 2.45) is 0 Å². The van der Waals surface area contributed by atoms with Crippen molar-refractivity contribution in [3.05, 3.63) is 29.5 Å². The summed E-state index contributed by atoms with van der Waals surface area (Å²) in [4.78, 5) is 23.3. The van der Waals surface area contributed by atoms with Crippen LogP contribution in [-0.4, -0.2) is 40.3 Å². The van der Waals surface area contributed by atoms with Crippen LogP contribution in [0.25, 0.3) is 10.9 Å². The Morgan fingerprint density at radius 2 is 2.05 bits per heavy atom. The standard InChI is InChI=1S/C13H19N2O4P/c1-9-6-11-13(12(7-9)19-20(16,17)18)10(8-14-11)4-5-15(2)3/h6-8,14H,4-5H2,1-3H3,(H2,16,17,18). The Hall–Kier alpha value is -1.33. The van der Waals surface area contributed by atoms with Crippen molar-refractivity contribution >= 4 is 18.7 Å². The van der Waals surface area contributed by atoms with Gasteiger partial charge in [-0.3, -0.25) is 9.79 Å². The Morgan fingerprint density at radius 3 is 2.65 bits per heavy atom. The van der Waals surface area contributed by atoms with E-state index in [4.69, 9.17) is 14.3 Å². The van der Waals surface area contributed by atoms with Crippen LogP contribution in [0.1, 0.15) is 11.1 Å². The fourth-order valence-corrected chi connectivity index (χ4v) is 2.58. The maximum atomic E-state index is 11.1. The molecule has 0 amide bonds. The Labute approximate surface area is 117 Å². The molecule has 0 saturated heterocycles. The topological polar surface area (TPSA) is 85.8 Å². The molecule has 0 radical (unpaired) electrons. The number of likely N-dealkylation sites (N-methyl/N-ethyl adjacent to an activating group) is 1. The van der Waals surface area contributed by atoms with Gasteiger partial charge in [-0.05, 0) is 50.7 Å². The first kappa shape index (κ1) is 15.1. The lowest BCUT2D eigenvalue weighted by atomic mass is 10.1. The van der Waals surface area contributed by atoms with Crippen LogP contribution in [0, 0.1) is 6.92 Å². The Bertz CT molecular complexity index is 660. The van der Waals surface area contributed by atoms with Crippen molar-refractivity contribution in [2.45, 2.75) is 13.3 Å². The number of rotatable bonds is 5. The van der Waals surface area contributed by atoms with E-state index in [-0.39, 0.29) is 5.75 Å². The molecule has 0 aliphatic carbocycles. The lowest BCUT2D eigenvalue weighted by Gasteiger charge is -2.12. The predicted molar refractivity (Wildman–Crippen MR) is 78.0 cm³/mol. The highest BCUT2D eigenvalue weighted by molar-refractivity contribution is 7.46. The monoisotopic (exact) mass is 298 g/mol. The third kappa shape index (κ3) is 3.61. The van der Waals surface area contributed by atoms with Crippen molar-refractivity contribution in [3.8, 4) is 5.75 Å². The van der Waals surface area contributed by atoms with E-state index in [2.05, 4.69) is 9.88 Å². The van der Waals surface area contributed by atoms with Gasteiger partial charge in [0.05, 0.1) is 0 Å². The van der Waals surface area contributed by atoms with Gasteiger partial charge in [0.15, 0.2) is 0 Å². The molecule has 0 aliphatic heterocycles. The van der Waals surface area contributed by atoms with Crippen LogP contribution in [0.15, 0.2) is 18.3 Å². The van der Waals surface area contributed by atoms with E-state index in [1.54, 1.807) is 6.07 Å². The summed E-state index contributed by atoms with van der Waals surface area (Å²) in [5.74, 6) is 0.225. The van der Waals surface area contributed by atoms with Crippen molar-refractivity contribution in [3.63, 3.8) is 0 Å². The van der Waals surface area contributed by atoms with Crippen LogP contribution < -0.4 is 4.52 Å². The summed E-state index contributed by atoms with van der Waals surface area (Å²) in [6, 6.07) is 3.58. The first-order chi connectivity index (χ1) is 9.26. The lowest BCUT2D eigenvalue weighted by molar-refractivity contribution is 0.284. The number of H-pyrrole nitrogens is 1. The molecule has 1 aromatic heterocycles. The van der Waals surface area contributed by atoms with Gasteiger partial charge in [0.1, 0.15) is 5.75 Å². The largest absolute Gasteiger partial charge is 0.524 e. The molecule has 0 bridgehead atoms. The van der Waals surface area contributed by atoms with E-state index in [0.29, 0.717) is 0 Å². The molecule has 0 spiro atoms. The molecule has 2 rings (SSSR count). The van der Waals surface area contributed by atoms with Gasteiger partial charge in [0.2, 0.25) is 0 Å². The van der Waals surface area contributed by atoms with E-state index in [1.807, 2.05) is 33.3 Å². The molecule has 2 aromatic rings. The zero-order valence-corrected chi connectivity index (χ0v) is 12.6. The minimum Gasteiger partial charge on any atom is -0.404 e. The molecule has 7 heteroatoms. The number of benzene rings is 1. The fourth-order valence-electron chi connectivity index (χ4n) is 2.18.